The number of carbonyl (C=O) groups is 3. The van der Waals surface area contributed by atoms with E-state index in [9.17, 15) is 14.4 Å². The summed E-state index contributed by atoms with van der Waals surface area (Å²) in [5.74, 6) is -1.88. The first-order chi connectivity index (χ1) is 10.4. The standard InChI is InChI=1S/C14H18N2O6/c1-4-11(17)20-8-14(2,9-21-12(18)5-6-15)10-22-13(19)7-16-3/h4-5,7-10H2,1-2H3. The highest BCUT2D eigenvalue weighted by Gasteiger charge is 2.31. The molecule has 0 aromatic heterocycles. The van der Waals surface area contributed by atoms with Crippen LogP contribution in [0.1, 0.15) is 26.7 Å². The van der Waals surface area contributed by atoms with Gasteiger partial charge >= 0.3 is 24.5 Å². The number of hydrogen-bond acceptors (Lipinski definition) is 7. The molecule has 8 nitrogen and oxygen atoms in total. The van der Waals surface area contributed by atoms with Gasteiger partial charge in [-0.2, -0.15) is 5.26 Å². The molecule has 0 bridgehead atoms. The molecule has 0 aliphatic rings. The number of rotatable bonds is 9. The Labute approximate surface area is 128 Å². The summed E-state index contributed by atoms with van der Waals surface area (Å²) in [6.45, 7) is 8.89. The zero-order chi connectivity index (χ0) is 17.0. The molecule has 0 N–H and O–H groups in total. The Balaban J connectivity index is 4.63. The van der Waals surface area contributed by atoms with Crippen LogP contribution >= 0.6 is 0 Å². The Morgan fingerprint density at radius 2 is 1.59 bits per heavy atom. The molecule has 0 saturated carbocycles. The highest BCUT2D eigenvalue weighted by Crippen LogP contribution is 2.19. The van der Waals surface area contributed by atoms with E-state index in [2.05, 4.69) is 4.85 Å². The Kier molecular flexibility index (Phi) is 8.96. The Hall–Kier alpha value is -2.61. The molecular weight excluding hydrogens is 292 g/mol. The van der Waals surface area contributed by atoms with Gasteiger partial charge in [0.1, 0.15) is 26.2 Å². The average molecular weight is 310 g/mol. The molecule has 0 heterocycles. The molecule has 0 spiro atoms. The quantitative estimate of drug-likeness (QED) is 0.353. The maximum atomic E-state index is 11.2. The molecule has 22 heavy (non-hydrogen) atoms. The lowest BCUT2D eigenvalue weighted by Gasteiger charge is -2.27. The van der Waals surface area contributed by atoms with Crippen molar-refractivity contribution in [3.63, 3.8) is 0 Å². The van der Waals surface area contributed by atoms with E-state index >= 15 is 0 Å². The first kappa shape index (κ1) is 19.4. The SMILES string of the molecule is [C-]#[N+]CC(=O)OCC(C)(COC(=O)CC)COC(=O)CC#N. The number of hydrogen-bond donors (Lipinski definition) is 0. The number of esters is 3. The van der Waals surface area contributed by atoms with Gasteiger partial charge < -0.3 is 19.1 Å². The fourth-order valence-corrected chi connectivity index (χ4v) is 1.22. The Bertz CT molecular complexity index is 457. The van der Waals surface area contributed by atoms with Crippen molar-refractivity contribution < 1.29 is 28.6 Å². The molecule has 0 aliphatic heterocycles. The average Bonchev–Trinajstić information content (AvgIpc) is 2.49. The van der Waals surface area contributed by atoms with E-state index in [1.54, 1.807) is 19.9 Å². The van der Waals surface area contributed by atoms with Gasteiger partial charge in [0.25, 0.3) is 0 Å². The second-order valence-electron chi connectivity index (χ2n) is 4.80. The van der Waals surface area contributed by atoms with E-state index in [-0.39, 0.29) is 26.2 Å². The molecule has 0 aromatic rings. The van der Waals surface area contributed by atoms with Crippen molar-refractivity contribution in [3.05, 3.63) is 11.4 Å². The normalized spacial score (nSPS) is 12.2. The van der Waals surface area contributed by atoms with Gasteiger partial charge in [-0.25, -0.2) is 11.4 Å². The van der Waals surface area contributed by atoms with Crippen molar-refractivity contribution in [1.29, 1.82) is 5.26 Å². The van der Waals surface area contributed by atoms with Gasteiger partial charge in [0.2, 0.25) is 0 Å². The molecule has 0 rings (SSSR count). The van der Waals surface area contributed by atoms with E-state index in [0.717, 1.165) is 0 Å². The molecule has 0 radical (unpaired) electrons. The van der Waals surface area contributed by atoms with Crippen LogP contribution in [0.15, 0.2) is 0 Å². The maximum Gasteiger partial charge on any atom is 0.387 e. The van der Waals surface area contributed by atoms with Crippen LogP contribution in [0, 0.1) is 23.3 Å². The molecular formula is C14H18N2O6. The third kappa shape index (κ3) is 8.54. The smallest absolute Gasteiger partial charge is 0.387 e. The van der Waals surface area contributed by atoms with Gasteiger partial charge in [-0.15, -0.1) is 0 Å². The molecule has 1 atom stereocenters. The van der Waals surface area contributed by atoms with Crippen LogP contribution in [0.4, 0.5) is 0 Å². The van der Waals surface area contributed by atoms with E-state index < -0.39 is 36.3 Å². The summed E-state index contributed by atoms with van der Waals surface area (Å²) in [6, 6.07) is 1.65. The monoisotopic (exact) mass is 310 g/mol. The topological polar surface area (TPSA) is 107 Å². The number of ether oxygens (including phenoxy) is 3. The van der Waals surface area contributed by atoms with Crippen LogP contribution in [-0.2, 0) is 28.6 Å². The van der Waals surface area contributed by atoms with E-state index in [4.69, 9.17) is 26.0 Å². The van der Waals surface area contributed by atoms with Crippen LogP contribution < -0.4 is 0 Å². The van der Waals surface area contributed by atoms with Crippen molar-refractivity contribution in [2.24, 2.45) is 5.41 Å². The number of nitriles is 1. The van der Waals surface area contributed by atoms with Gasteiger partial charge in [-0.1, -0.05) is 6.92 Å². The summed E-state index contributed by atoms with van der Waals surface area (Å²) in [5, 5.41) is 8.39. The molecule has 0 saturated heterocycles. The van der Waals surface area contributed by atoms with Crippen molar-refractivity contribution in [2.75, 3.05) is 26.4 Å². The van der Waals surface area contributed by atoms with Gasteiger partial charge in [0.15, 0.2) is 0 Å². The lowest BCUT2D eigenvalue weighted by Crippen LogP contribution is -2.37. The van der Waals surface area contributed by atoms with Crippen LogP contribution in [0.3, 0.4) is 0 Å². The van der Waals surface area contributed by atoms with E-state index in [1.807, 2.05) is 0 Å². The second kappa shape index (κ2) is 10.2. The van der Waals surface area contributed by atoms with E-state index in [1.165, 1.54) is 0 Å². The first-order valence-corrected chi connectivity index (χ1v) is 6.54. The van der Waals surface area contributed by atoms with Gasteiger partial charge in [0, 0.05) is 6.42 Å². The summed E-state index contributed by atoms with van der Waals surface area (Å²) in [4.78, 5) is 36.6. The van der Waals surface area contributed by atoms with Gasteiger partial charge in [0.05, 0.1) is 11.5 Å². The van der Waals surface area contributed by atoms with Crippen molar-refractivity contribution >= 4 is 17.9 Å². The minimum Gasteiger partial charge on any atom is -0.465 e. The maximum absolute atomic E-state index is 11.2. The first-order valence-electron chi connectivity index (χ1n) is 6.54. The molecule has 120 valence electrons. The zero-order valence-electron chi connectivity index (χ0n) is 12.6. The van der Waals surface area contributed by atoms with Gasteiger partial charge in [-0.05, 0) is 6.92 Å². The molecule has 0 aromatic carbocycles. The minimum atomic E-state index is -0.951. The van der Waals surface area contributed by atoms with Crippen LogP contribution in [0.25, 0.3) is 4.85 Å². The fourth-order valence-electron chi connectivity index (χ4n) is 1.22. The second-order valence-corrected chi connectivity index (χ2v) is 4.80. The van der Waals surface area contributed by atoms with Crippen molar-refractivity contribution in [3.8, 4) is 6.07 Å². The summed E-state index contributed by atoms with van der Waals surface area (Å²) in [5.41, 5.74) is -0.951. The summed E-state index contributed by atoms with van der Waals surface area (Å²) < 4.78 is 14.8. The largest absolute Gasteiger partial charge is 0.465 e. The minimum absolute atomic E-state index is 0.120. The third-order valence-corrected chi connectivity index (χ3v) is 2.47. The van der Waals surface area contributed by atoms with Crippen molar-refractivity contribution in [1.82, 2.24) is 0 Å². The highest BCUT2D eigenvalue weighted by molar-refractivity contribution is 5.73. The summed E-state index contributed by atoms with van der Waals surface area (Å²) in [7, 11) is 0. The van der Waals surface area contributed by atoms with E-state index in [0.29, 0.717) is 0 Å². The number of carbonyl (C=O) groups excluding carboxylic acids is 3. The molecule has 0 amide bonds. The lowest BCUT2D eigenvalue weighted by atomic mass is 9.94. The van der Waals surface area contributed by atoms with Crippen molar-refractivity contribution in [2.45, 2.75) is 26.7 Å². The van der Waals surface area contributed by atoms with Crippen LogP contribution in [-0.4, -0.2) is 44.3 Å². The molecule has 0 fully saturated rings. The lowest BCUT2D eigenvalue weighted by molar-refractivity contribution is -0.159. The summed E-state index contributed by atoms with van der Waals surface area (Å²) in [6.07, 6.45) is -0.218. The predicted octanol–water partition coefficient (Wildman–Crippen LogP) is 0.865. The molecule has 1 unspecified atom stereocenters. The predicted molar refractivity (Wildman–Crippen MR) is 73.0 cm³/mol. The zero-order valence-corrected chi connectivity index (χ0v) is 12.6. The van der Waals surface area contributed by atoms with Gasteiger partial charge in [-0.3, -0.25) is 9.59 Å². The highest BCUT2D eigenvalue weighted by atomic mass is 16.6. The Morgan fingerprint density at radius 3 is 2.05 bits per heavy atom. The van der Waals surface area contributed by atoms with Crippen LogP contribution in [0.5, 0.6) is 0 Å². The summed E-state index contributed by atoms with van der Waals surface area (Å²) >= 11 is 0. The third-order valence-electron chi connectivity index (χ3n) is 2.47. The van der Waals surface area contributed by atoms with Crippen LogP contribution in [0.2, 0.25) is 0 Å². The fraction of sp³-hybridized carbons (Fsp3) is 0.643. The number of nitrogens with zero attached hydrogens (tertiary/aromatic N) is 2. The molecule has 8 heteroatoms. The Morgan fingerprint density at radius 1 is 1.09 bits per heavy atom. The molecule has 0 aliphatic carbocycles.